The van der Waals surface area contributed by atoms with E-state index < -0.39 is 0 Å². The lowest BCUT2D eigenvalue weighted by Gasteiger charge is -2.08. The molecule has 1 rings (SSSR count). The highest BCUT2D eigenvalue weighted by molar-refractivity contribution is 5.69. The summed E-state index contributed by atoms with van der Waals surface area (Å²) in [6.07, 6.45) is 0.429. The highest BCUT2D eigenvalue weighted by Crippen LogP contribution is 2.09. The number of carbonyl (C=O) groups excluding carboxylic acids is 1. The second-order valence-electron chi connectivity index (χ2n) is 4.16. The molecular weight excluding hydrogens is 214 g/mol. The number of esters is 1. The van der Waals surface area contributed by atoms with Gasteiger partial charge in [0, 0.05) is 13.1 Å². The molecule has 0 heterocycles. The maximum atomic E-state index is 11.1. The van der Waals surface area contributed by atoms with Crippen LogP contribution < -0.4 is 5.32 Å². The fraction of sp³-hybridized carbons (Fsp3) is 0.500. The zero-order valence-electron chi connectivity index (χ0n) is 10.9. The number of nitrogens with one attached hydrogen (secondary N) is 1. The van der Waals surface area contributed by atoms with Crippen molar-refractivity contribution in [2.45, 2.75) is 33.7 Å². The number of benzene rings is 1. The average molecular weight is 235 g/mol. The predicted molar refractivity (Wildman–Crippen MR) is 68.9 cm³/mol. The Labute approximate surface area is 103 Å². The summed E-state index contributed by atoms with van der Waals surface area (Å²) in [5, 5.41) is 3.26. The third-order valence-corrected chi connectivity index (χ3v) is 2.63. The third-order valence-electron chi connectivity index (χ3n) is 2.63. The van der Waals surface area contributed by atoms with Crippen molar-refractivity contribution >= 4 is 5.97 Å². The molecule has 0 fully saturated rings. The standard InChI is InChI=1S/C14H21NO2/c1-4-17-14(16)7-8-15-10-13-9-11(2)5-6-12(13)3/h5-6,9,15H,4,7-8,10H2,1-3H3. The van der Waals surface area contributed by atoms with Crippen LogP contribution in [0.1, 0.15) is 30.0 Å². The van der Waals surface area contributed by atoms with Gasteiger partial charge in [-0.3, -0.25) is 4.79 Å². The monoisotopic (exact) mass is 235 g/mol. The summed E-state index contributed by atoms with van der Waals surface area (Å²) in [6.45, 7) is 7.92. The Morgan fingerprint density at radius 1 is 1.35 bits per heavy atom. The maximum Gasteiger partial charge on any atom is 0.307 e. The van der Waals surface area contributed by atoms with Crippen molar-refractivity contribution in [1.29, 1.82) is 0 Å². The first-order valence-corrected chi connectivity index (χ1v) is 6.06. The van der Waals surface area contributed by atoms with Gasteiger partial charge in [-0.2, -0.15) is 0 Å². The quantitative estimate of drug-likeness (QED) is 0.607. The van der Waals surface area contributed by atoms with Crippen molar-refractivity contribution in [3.8, 4) is 0 Å². The molecule has 3 nitrogen and oxygen atoms in total. The second kappa shape index (κ2) is 7.07. The SMILES string of the molecule is CCOC(=O)CCNCc1cc(C)ccc1C. The minimum absolute atomic E-state index is 0.138. The van der Waals surface area contributed by atoms with Gasteiger partial charge in [0.15, 0.2) is 0 Å². The van der Waals surface area contributed by atoms with Gasteiger partial charge in [-0.05, 0) is 31.9 Å². The van der Waals surface area contributed by atoms with E-state index in [0.717, 1.165) is 6.54 Å². The molecule has 0 spiro atoms. The molecule has 0 aliphatic carbocycles. The van der Waals surface area contributed by atoms with Crippen molar-refractivity contribution in [2.24, 2.45) is 0 Å². The topological polar surface area (TPSA) is 38.3 Å². The second-order valence-corrected chi connectivity index (χ2v) is 4.16. The van der Waals surface area contributed by atoms with E-state index in [4.69, 9.17) is 4.74 Å². The molecule has 0 aliphatic rings. The van der Waals surface area contributed by atoms with Crippen LogP contribution in [-0.2, 0) is 16.1 Å². The van der Waals surface area contributed by atoms with E-state index >= 15 is 0 Å². The van der Waals surface area contributed by atoms with Gasteiger partial charge in [0.2, 0.25) is 0 Å². The molecule has 0 aromatic heterocycles. The lowest BCUT2D eigenvalue weighted by Crippen LogP contribution is -2.19. The fourth-order valence-electron chi connectivity index (χ4n) is 1.64. The molecule has 0 amide bonds. The summed E-state index contributed by atoms with van der Waals surface area (Å²) >= 11 is 0. The number of aryl methyl sites for hydroxylation is 2. The average Bonchev–Trinajstić information content (AvgIpc) is 2.29. The summed E-state index contributed by atoms with van der Waals surface area (Å²) in [5.74, 6) is -0.138. The van der Waals surface area contributed by atoms with Crippen molar-refractivity contribution in [3.05, 3.63) is 34.9 Å². The first kappa shape index (κ1) is 13.7. The Hall–Kier alpha value is -1.35. The van der Waals surface area contributed by atoms with Crippen molar-refractivity contribution in [1.82, 2.24) is 5.32 Å². The fourth-order valence-corrected chi connectivity index (χ4v) is 1.64. The van der Waals surface area contributed by atoms with E-state index in [1.54, 1.807) is 0 Å². The molecule has 1 aromatic carbocycles. The number of rotatable bonds is 6. The Bertz CT molecular complexity index is 374. The molecule has 0 saturated carbocycles. The van der Waals surface area contributed by atoms with Crippen LogP contribution >= 0.6 is 0 Å². The minimum Gasteiger partial charge on any atom is -0.466 e. The zero-order chi connectivity index (χ0) is 12.7. The predicted octanol–water partition coefficient (Wildman–Crippen LogP) is 2.35. The van der Waals surface area contributed by atoms with Crippen molar-refractivity contribution in [3.63, 3.8) is 0 Å². The maximum absolute atomic E-state index is 11.1. The number of carbonyl (C=O) groups is 1. The van der Waals surface area contributed by atoms with Crippen LogP contribution in [0.3, 0.4) is 0 Å². The van der Waals surface area contributed by atoms with Crippen LogP contribution in [0, 0.1) is 13.8 Å². The summed E-state index contributed by atoms with van der Waals surface area (Å²) < 4.78 is 4.86. The highest BCUT2D eigenvalue weighted by atomic mass is 16.5. The zero-order valence-corrected chi connectivity index (χ0v) is 10.9. The third kappa shape index (κ3) is 5.00. The van der Waals surface area contributed by atoms with E-state index in [-0.39, 0.29) is 5.97 Å². The van der Waals surface area contributed by atoms with Gasteiger partial charge in [-0.1, -0.05) is 23.8 Å². The molecule has 3 heteroatoms. The van der Waals surface area contributed by atoms with Crippen molar-refractivity contribution in [2.75, 3.05) is 13.2 Å². The lowest BCUT2D eigenvalue weighted by atomic mass is 10.1. The largest absolute Gasteiger partial charge is 0.466 e. The van der Waals surface area contributed by atoms with Crippen LogP contribution in [0.2, 0.25) is 0 Å². The van der Waals surface area contributed by atoms with Gasteiger partial charge in [0.25, 0.3) is 0 Å². The van der Waals surface area contributed by atoms with Crippen LogP contribution in [0.5, 0.6) is 0 Å². The van der Waals surface area contributed by atoms with Crippen LogP contribution in [0.15, 0.2) is 18.2 Å². The van der Waals surface area contributed by atoms with E-state index in [1.165, 1.54) is 16.7 Å². The van der Waals surface area contributed by atoms with Gasteiger partial charge in [-0.25, -0.2) is 0 Å². The Morgan fingerprint density at radius 3 is 2.82 bits per heavy atom. The Balaban J connectivity index is 2.31. The summed E-state index contributed by atoms with van der Waals surface area (Å²) in [5.41, 5.74) is 3.82. The minimum atomic E-state index is -0.138. The lowest BCUT2D eigenvalue weighted by molar-refractivity contribution is -0.142. The van der Waals surface area contributed by atoms with E-state index in [2.05, 4.69) is 37.4 Å². The number of hydrogen-bond donors (Lipinski definition) is 1. The molecule has 94 valence electrons. The normalized spacial score (nSPS) is 10.3. The van der Waals surface area contributed by atoms with Gasteiger partial charge >= 0.3 is 5.97 Å². The highest BCUT2D eigenvalue weighted by Gasteiger charge is 2.02. The van der Waals surface area contributed by atoms with Gasteiger partial charge in [-0.15, -0.1) is 0 Å². The molecule has 0 saturated heterocycles. The van der Waals surface area contributed by atoms with Gasteiger partial charge < -0.3 is 10.1 Å². The summed E-state index contributed by atoms with van der Waals surface area (Å²) in [7, 11) is 0. The van der Waals surface area contributed by atoms with Crippen molar-refractivity contribution < 1.29 is 9.53 Å². The molecule has 1 aromatic rings. The molecule has 0 aliphatic heterocycles. The first-order chi connectivity index (χ1) is 8.13. The van der Waals surface area contributed by atoms with Gasteiger partial charge in [0.05, 0.1) is 13.0 Å². The number of ether oxygens (including phenoxy) is 1. The van der Waals surface area contributed by atoms with Crippen LogP contribution in [0.25, 0.3) is 0 Å². The van der Waals surface area contributed by atoms with E-state index in [1.807, 2.05) is 6.92 Å². The van der Waals surface area contributed by atoms with E-state index in [0.29, 0.717) is 19.6 Å². The number of hydrogen-bond acceptors (Lipinski definition) is 3. The summed E-state index contributed by atoms with van der Waals surface area (Å²) in [6, 6.07) is 6.40. The Morgan fingerprint density at radius 2 is 2.12 bits per heavy atom. The Kier molecular flexibility index (Phi) is 5.70. The molecule has 0 unspecified atom stereocenters. The molecule has 0 atom stereocenters. The molecular formula is C14H21NO2. The van der Waals surface area contributed by atoms with Gasteiger partial charge in [0.1, 0.15) is 0 Å². The smallest absolute Gasteiger partial charge is 0.307 e. The molecule has 1 N–H and O–H groups in total. The first-order valence-electron chi connectivity index (χ1n) is 6.06. The van der Waals surface area contributed by atoms with Crippen LogP contribution in [-0.4, -0.2) is 19.1 Å². The van der Waals surface area contributed by atoms with E-state index in [9.17, 15) is 4.79 Å². The molecule has 17 heavy (non-hydrogen) atoms. The van der Waals surface area contributed by atoms with Crippen LogP contribution in [0.4, 0.5) is 0 Å². The molecule has 0 bridgehead atoms. The summed E-state index contributed by atoms with van der Waals surface area (Å²) in [4.78, 5) is 11.1. The molecule has 0 radical (unpaired) electrons.